The molecule has 1 saturated heterocycles. The lowest BCUT2D eigenvalue weighted by Crippen LogP contribution is -2.51. The zero-order valence-corrected chi connectivity index (χ0v) is 20.9. The predicted molar refractivity (Wildman–Crippen MR) is 135 cm³/mol. The average Bonchev–Trinajstić information content (AvgIpc) is 3.33. The van der Waals surface area contributed by atoms with Crippen molar-refractivity contribution in [2.45, 2.75) is 25.6 Å². The van der Waals surface area contributed by atoms with E-state index in [0.717, 1.165) is 5.56 Å². The van der Waals surface area contributed by atoms with Crippen LogP contribution in [-0.2, 0) is 17.9 Å². The van der Waals surface area contributed by atoms with Crippen molar-refractivity contribution >= 4 is 5.91 Å². The minimum atomic E-state index is -1.21. The largest absolute Gasteiger partial charge is 0.493 e. The van der Waals surface area contributed by atoms with Crippen LogP contribution in [0.15, 0.2) is 67.0 Å². The van der Waals surface area contributed by atoms with E-state index in [1.165, 1.54) is 6.92 Å². The number of carbonyl (C=O) groups is 1. The van der Waals surface area contributed by atoms with Crippen LogP contribution in [0, 0.1) is 0 Å². The Labute approximate surface area is 211 Å². The Morgan fingerprint density at radius 3 is 2.61 bits per heavy atom. The van der Waals surface area contributed by atoms with Gasteiger partial charge in [-0.3, -0.25) is 14.4 Å². The molecule has 192 valence electrons. The van der Waals surface area contributed by atoms with Crippen LogP contribution >= 0.6 is 0 Å². The third-order valence-electron chi connectivity index (χ3n) is 6.16. The first-order chi connectivity index (χ1) is 17.4. The van der Waals surface area contributed by atoms with Crippen LogP contribution in [0.25, 0.3) is 0 Å². The molecule has 9 heteroatoms. The van der Waals surface area contributed by atoms with Crippen LogP contribution in [-0.4, -0.2) is 82.7 Å². The third-order valence-corrected chi connectivity index (χ3v) is 6.16. The smallest absolute Gasteiger partial charge is 0.219 e. The van der Waals surface area contributed by atoms with E-state index in [1.807, 2.05) is 65.5 Å². The molecule has 1 fully saturated rings. The fourth-order valence-corrected chi connectivity index (χ4v) is 4.34. The van der Waals surface area contributed by atoms with Crippen LogP contribution in [0.4, 0.5) is 0 Å². The Morgan fingerprint density at radius 2 is 1.89 bits per heavy atom. The minimum Gasteiger partial charge on any atom is -0.493 e. The van der Waals surface area contributed by atoms with Crippen molar-refractivity contribution in [2.75, 3.05) is 46.5 Å². The van der Waals surface area contributed by atoms with Gasteiger partial charge in [0.15, 0.2) is 11.5 Å². The molecule has 1 amide bonds. The van der Waals surface area contributed by atoms with Crippen LogP contribution in [0.1, 0.15) is 12.5 Å². The highest BCUT2D eigenvalue weighted by atomic mass is 16.5. The second-order valence-corrected chi connectivity index (χ2v) is 9.08. The predicted octanol–water partition coefficient (Wildman–Crippen LogP) is 2.44. The van der Waals surface area contributed by atoms with E-state index in [-0.39, 0.29) is 19.1 Å². The lowest BCUT2D eigenvalue weighted by molar-refractivity contribution is -0.132. The number of para-hydroxylation sites is 1. The Morgan fingerprint density at radius 1 is 1.06 bits per heavy atom. The fourth-order valence-electron chi connectivity index (χ4n) is 4.34. The molecule has 1 aliphatic rings. The van der Waals surface area contributed by atoms with E-state index < -0.39 is 5.60 Å². The molecule has 36 heavy (non-hydrogen) atoms. The summed E-state index contributed by atoms with van der Waals surface area (Å²) in [5.41, 5.74) is -0.194. The van der Waals surface area contributed by atoms with E-state index >= 15 is 0 Å². The monoisotopic (exact) mass is 494 g/mol. The molecule has 9 nitrogen and oxygen atoms in total. The summed E-state index contributed by atoms with van der Waals surface area (Å²) in [5, 5.41) is 15.7. The normalized spacial score (nSPS) is 18.5. The van der Waals surface area contributed by atoms with Gasteiger partial charge >= 0.3 is 0 Å². The molecule has 4 rings (SSSR count). The number of methoxy groups -OCH3 is 1. The van der Waals surface area contributed by atoms with Crippen LogP contribution in [0.3, 0.4) is 0 Å². The second kappa shape index (κ2) is 11.9. The van der Waals surface area contributed by atoms with Gasteiger partial charge in [0.05, 0.1) is 20.2 Å². The zero-order chi connectivity index (χ0) is 25.4. The van der Waals surface area contributed by atoms with Crippen molar-refractivity contribution in [3.05, 3.63) is 72.6 Å². The van der Waals surface area contributed by atoms with Gasteiger partial charge in [0.2, 0.25) is 5.91 Å². The topological polar surface area (TPSA) is 89.3 Å². The number of amides is 1. The molecule has 2 aromatic carbocycles. The first kappa shape index (κ1) is 25.5. The number of aliphatic hydroxyl groups is 1. The Bertz CT molecular complexity index is 1110. The SMILES string of the molecule is COc1ccc(CN2CCN(C(C)=O)CC(O)(COc3ccccc3)C2)cc1OCCn1cccn1. The number of rotatable bonds is 10. The number of β-amino-alcohol motifs (C(OH)–C–C–N with tert-alkyl or cyclic N) is 1. The number of hydrogen-bond donors (Lipinski definition) is 1. The van der Waals surface area contributed by atoms with E-state index in [2.05, 4.69) is 10.00 Å². The third kappa shape index (κ3) is 6.99. The van der Waals surface area contributed by atoms with E-state index in [9.17, 15) is 9.90 Å². The van der Waals surface area contributed by atoms with Crippen LogP contribution < -0.4 is 14.2 Å². The maximum Gasteiger partial charge on any atom is 0.219 e. The summed E-state index contributed by atoms with van der Waals surface area (Å²) in [6, 6.07) is 17.1. The van der Waals surface area contributed by atoms with Crippen molar-refractivity contribution in [1.82, 2.24) is 19.6 Å². The van der Waals surface area contributed by atoms with Crippen molar-refractivity contribution in [3.63, 3.8) is 0 Å². The van der Waals surface area contributed by atoms with Crippen molar-refractivity contribution in [2.24, 2.45) is 0 Å². The summed E-state index contributed by atoms with van der Waals surface area (Å²) in [5.74, 6) is 1.94. The molecule has 1 unspecified atom stereocenters. The van der Waals surface area contributed by atoms with Gasteiger partial charge in [-0.15, -0.1) is 0 Å². The summed E-state index contributed by atoms with van der Waals surface area (Å²) in [7, 11) is 1.62. The Hall–Kier alpha value is -3.56. The van der Waals surface area contributed by atoms with Crippen molar-refractivity contribution in [3.8, 4) is 17.2 Å². The highest BCUT2D eigenvalue weighted by Gasteiger charge is 2.37. The molecule has 1 aromatic heterocycles. The molecule has 0 bridgehead atoms. The number of carbonyl (C=O) groups excluding carboxylic acids is 1. The quantitative estimate of drug-likeness (QED) is 0.463. The molecule has 0 aliphatic carbocycles. The first-order valence-corrected chi connectivity index (χ1v) is 12.1. The lowest BCUT2D eigenvalue weighted by atomic mass is 10.0. The number of nitrogens with zero attached hydrogens (tertiary/aromatic N) is 4. The number of hydrogen-bond acceptors (Lipinski definition) is 7. The summed E-state index contributed by atoms with van der Waals surface area (Å²) >= 11 is 0. The molecule has 0 spiro atoms. The molecular weight excluding hydrogens is 460 g/mol. The van der Waals surface area contributed by atoms with Crippen molar-refractivity contribution < 1.29 is 24.1 Å². The van der Waals surface area contributed by atoms with E-state index in [4.69, 9.17) is 14.2 Å². The maximum atomic E-state index is 12.2. The molecule has 2 heterocycles. The van der Waals surface area contributed by atoms with E-state index in [0.29, 0.717) is 56.6 Å². The van der Waals surface area contributed by atoms with E-state index in [1.54, 1.807) is 18.2 Å². The fraction of sp³-hybridized carbons (Fsp3) is 0.407. The number of ether oxygens (including phenoxy) is 3. The molecule has 0 radical (unpaired) electrons. The first-order valence-electron chi connectivity index (χ1n) is 12.1. The Balaban J connectivity index is 1.44. The molecular formula is C27H34N4O5. The summed E-state index contributed by atoms with van der Waals surface area (Å²) in [6.45, 7) is 5.03. The van der Waals surface area contributed by atoms with Gasteiger partial charge in [-0.1, -0.05) is 24.3 Å². The van der Waals surface area contributed by atoms with Crippen LogP contribution in [0.5, 0.6) is 17.2 Å². The van der Waals surface area contributed by atoms with Crippen LogP contribution in [0.2, 0.25) is 0 Å². The highest BCUT2D eigenvalue weighted by molar-refractivity contribution is 5.73. The second-order valence-electron chi connectivity index (χ2n) is 9.08. The van der Waals surface area contributed by atoms with Gasteiger partial charge in [-0.25, -0.2) is 0 Å². The standard InChI is InChI=1S/C27H34N4O5/c1-22(32)30-14-13-29(19-27(33,20-30)21-36-24-7-4-3-5-8-24)18-23-9-10-25(34-2)26(17-23)35-16-15-31-12-6-11-28-31/h3-12,17,33H,13-16,18-21H2,1-2H3. The lowest BCUT2D eigenvalue weighted by Gasteiger charge is -2.32. The number of aromatic nitrogens is 2. The van der Waals surface area contributed by atoms with Gasteiger partial charge < -0.3 is 24.2 Å². The summed E-state index contributed by atoms with van der Waals surface area (Å²) in [6.07, 6.45) is 3.63. The van der Waals surface area contributed by atoms with Gasteiger partial charge in [0, 0.05) is 45.5 Å². The van der Waals surface area contributed by atoms with Gasteiger partial charge in [-0.05, 0) is 35.9 Å². The highest BCUT2D eigenvalue weighted by Crippen LogP contribution is 2.29. The van der Waals surface area contributed by atoms with Crippen molar-refractivity contribution in [1.29, 1.82) is 0 Å². The molecule has 1 aliphatic heterocycles. The molecule has 3 aromatic rings. The van der Waals surface area contributed by atoms with Gasteiger partial charge in [-0.2, -0.15) is 5.10 Å². The summed E-state index contributed by atoms with van der Waals surface area (Å²) < 4.78 is 19.2. The maximum absolute atomic E-state index is 12.2. The Kier molecular flexibility index (Phi) is 8.45. The average molecular weight is 495 g/mol. The molecule has 0 saturated carbocycles. The number of benzene rings is 2. The van der Waals surface area contributed by atoms with Gasteiger partial charge in [0.1, 0.15) is 24.6 Å². The summed E-state index contributed by atoms with van der Waals surface area (Å²) in [4.78, 5) is 16.0. The van der Waals surface area contributed by atoms with Gasteiger partial charge in [0.25, 0.3) is 0 Å². The zero-order valence-electron chi connectivity index (χ0n) is 20.9. The molecule has 1 atom stereocenters. The molecule has 1 N–H and O–H groups in total. The minimum absolute atomic E-state index is 0.0627.